The Balaban J connectivity index is 2.09. The number of hydrogen-bond acceptors (Lipinski definition) is 3. The summed E-state index contributed by atoms with van der Waals surface area (Å²) in [5.41, 5.74) is 1.57. The molecule has 1 aromatic heterocycles. The van der Waals surface area contributed by atoms with Crippen LogP contribution in [0.5, 0.6) is 0 Å². The lowest BCUT2D eigenvalue weighted by Crippen LogP contribution is -2.30. The van der Waals surface area contributed by atoms with E-state index < -0.39 is 0 Å². The second-order valence-corrected chi connectivity index (χ2v) is 4.25. The minimum absolute atomic E-state index is 0.186. The van der Waals surface area contributed by atoms with Crippen molar-refractivity contribution in [3.05, 3.63) is 24.3 Å². The van der Waals surface area contributed by atoms with E-state index in [0.29, 0.717) is 5.95 Å². The van der Waals surface area contributed by atoms with Gasteiger partial charge >= 0.3 is 0 Å². The first-order chi connectivity index (χ1) is 8.16. The SMILES string of the molecule is CC1CC(=O)N(c2nc3ccccc3[nH]2)C1=O. The number of aromatic nitrogens is 2. The van der Waals surface area contributed by atoms with Gasteiger partial charge in [-0.15, -0.1) is 0 Å². The van der Waals surface area contributed by atoms with Gasteiger partial charge in [-0.3, -0.25) is 9.59 Å². The van der Waals surface area contributed by atoms with E-state index in [1.54, 1.807) is 6.92 Å². The van der Waals surface area contributed by atoms with E-state index in [4.69, 9.17) is 0 Å². The molecule has 1 atom stereocenters. The molecule has 86 valence electrons. The Morgan fingerprint density at radius 3 is 2.76 bits per heavy atom. The van der Waals surface area contributed by atoms with Crippen LogP contribution in [0.3, 0.4) is 0 Å². The van der Waals surface area contributed by atoms with Crippen molar-refractivity contribution in [1.29, 1.82) is 0 Å². The van der Waals surface area contributed by atoms with Crippen molar-refractivity contribution in [1.82, 2.24) is 9.97 Å². The van der Waals surface area contributed by atoms with Gasteiger partial charge in [0.25, 0.3) is 0 Å². The van der Waals surface area contributed by atoms with Gasteiger partial charge in [-0.25, -0.2) is 9.88 Å². The molecule has 1 aliphatic heterocycles. The lowest BCUT2D eigenvalue weighted by atomic mass is 10.1. The summed E-state index contributed by atoms with van der Waals surface area (Å²) in [5, 5.41) is 0. The van der Waals surface area contributed by atoms with Crippen molar-refractivity contribution in [3.63, 3.8) is 0 Å². The summed E-state index contributed by atoms with van der Waals surface area (Å²) in [4.78, 5) is 31.9. The van der Waals surface area contributed by atoms with Gasteiger partial charge in [-0.2, -0.15) is 0 Å². The van der Waals surface area contributed by atoms with Crippen molar-refractivity contribution in [3.8, 4) is 0 Å². The van der Waals surface area contributed by atoms with E-state index in [0.717, 1.165) is 15.9 Å². The maximum Gasteiger partial charge on any atom is 0.239 e. The van der Waals surface area contributed by atoms with Gasteiger partial charge in [0.1, 0.15) is 0 Å². The molecule has 1 aliphatic rings. The first-order valence-electron chi connectivity index (χ1n) is 5.48. The maximum absolute atomic E-state index is 11.8. The minimum Gasteiger partial charge on any atom is -0.323 e. The molecule has 5 heteroatoms. The fourth-order valence-corrected chi connectivity index (χ4v) is 2.05. The lowest BCUT2D eigenvalue weighted by Gasteiger charge is -2.09. The summed E-state index contributed by atoms with van der Waals surface area (Å²) in [6.45, 7) is 1.75. The molecule has 3 rings (SSSR count). The molecule has 1 saturated heterocycles. The Labute approximate surface area is 97.4 Å². The molecule has 1 aromatic carbocycles. The summed E-state index contributed by atoms with van der Waals surface area (Å²) in [6, 6.07) is 7.44. The van der Waals surface area contributed by atoms with Crippen LogP contribution in [0.15, 0.2) is 24.3 Å². The summed E-state index contributed by atoms with van der Waals surface area (Å²) in [6.07, 6.45) is 0.260. The second kappa shape index (κ2) is 3.41. The van der Waals surface area contributed by atoms with Crippen molar-refractivity contribution < 1.29 is 9.59 Å². The quantitative estimate of drug-likeness (QED) is 0.753. The Morgan fingerprint density at radius 2 is 2.12 bits per heavy atom. The number of aromatic amines is 1. The van der Waals surface area contributed by atoms with Crippen molar-refractivity contribution >= 4 is 28.8 Å². The third-order valence-electron chi connectivity index (χ3n) is 2.96. The number of imide groups is 1. The zero-order valence-corrected chi connectivity index (χ0v) is 9.30. The highest BCUT2D eigenvalue weighted by atomic mass is 16.2. The predicted octanol–water partition coefficient (Wildman–Crippen LogP) is 1.46. The van der Waals surface area contributed by atoms with E-state index in [9.17, 15) is 9.59 Å². The molecule has 5 nitrogen and oxygen atoms in total. The summed E-state index contributed by atoms with van der Waals surface area (Å²) >= 11 is 0. The molecule has 0 radical (unpaired) electrons. The van der Waals surface area contributed by atoms with Crippen LogP contribution in [-0.4, -0.2) is 21.8 Å². The number of benzene rings is 1. The van der Waals surface area contributed by atoms with Crippen LogP contribution >= 0.6 is 0 Å². The lowest BCUT2D eigenvalue weighted by molar-refractivity contribution is -0.122. The zero-order chi connectivity index (χ0) is 12.0. The van der Waals surface area contributed by atoms with Crippen molar-refractivity contribution in [2.45, 2.75) is 13.3 Å². The fourth-order valence-electron chi connectivity index (χ4n) is 2.05. The molecule has 17 heavy (non-hydrogen) atoms. The van der Waals surface area contributed by atoms with Crippen LogP contribution in [0, 0.1) is 5.92 Å². The van der Waals surface area contributed by atoms with Crippen LogP contribution in [-0.2, 0) is 9.59 Å². The van der Waals surface area contributed by atoms with E-state index in [1.807, 2.05) is 24.3 Å². The van der Waals surface area contributed by atoms with Gasteiger partial charge in [-0.05, 0) is 12.1 Å². The number of amides is 2. The molecule has 0 spiro atoms. The highest BCUT2D eigenvalue weighted by Gasteiger charge is 2.38. The minimum atomic E-state index is -0.254. The first-order valence-corrected chi connectivity index (χ1v) is 5.48. The largest absolute Gasteiger partial charge is 0.323 e. The summed E-state index contributed by atoms with van der Waals surface area (Å²) < 4.78 is 0. The van der Waals surface area contributed by atoms with E-state index in [-0.39, 0.29) is 24.2 Å². The molecular formula is C12H11N3O2. The molecule has 2 heterocycles. The number of hydrogen-bond donors (Lipinski definition) is 1. The Morgan fingerprint density at radius 1 is 1.35 bits per heavy atom. The standard InChI is InChI=1S/C12H11N3O2/c1-7-6-10(16)15(11(7)17)12-13-8-4-2-3-5-9(8)14-12/h2-5,7H,6H2,1H3,(H,13,14). The molecule has 1 fully saturated rings. The maximum atomic E-state index is 11.8. The van der Waals surface area contributed by atoms with Crippen molar-refractivity contribution in [2.75, 3.05) is 4.90 Å². The van der Waals surface area contributed by atoms with Gasteiger partial charge < -0.3 is 4.98 Å². The molecule has 0 saturated carbocycles. The van der Waals surface area contributed by atoms with Gasteiger partial charge in [0.15, 0.2) is 0 Å². The molecule has 0 bridgehead atoms. The normalized spacial score (nSPS) is 20.5. The van der Waals surface area contributed by atoms with Crippen LogP contribution < -0.4 is 4.90 Å². The predicted molar refractivity (Wildman–Crippen MR) is 62.4 cm³/mol. The van der Waals surface area contributed by atoms with Gasteiger partial charge in [0, 0.05) is 12.3 Å². The number of imidazole rings is 1. The van der Waals surface area contributed by atoms with Crippen LogP contribution in [0.25, 0.3) is 11.0 Å². The number of anilines is 1. The highest BCUT2D eigenvalue weighted by molar-refractivity contribution is 6.20. The number of carbonyl (C=O) groups is 2. The number of carbonyl (C=O) groups excluding carboxylic acids is 2. The molecule has 1 N–H and O–H groups in total. The molecular weight excluding hydrogens is 218 g/mol. The van der Waals surface area contributed by atoms with Crippen LogP contribution in [0.2, 0.25) is 0 Å². The van der Waals surface area contributed by atoms with Gasteiger partial charge in [-0.1, -0.05) is 19.1 Å². The third kappa shape index (κ3) is 1.43. The van der Waals surface area contributed by atoms with E-state index >= 15 is 0 Å². The number of fused-ring (bicyclic) bond motifs is 1. The number of nitrogens with one attached hydrogen (secondary N) is 1. The number of nitrogens with zero attached hydrogens (tertiary/aromatic N) is 2. The molecule has 2 aromatic rings. The molecule has 2 amide bonds. The number of H-pyrrole nitrogens is 1. The molecule has 0 aliphatic carbocycles. The van der Waals surface area contributed by atoms with Crippen LogP contribution in [0.1, 0.15) is 13.3 Å². The summed E-state index contributed by atoms with van der Waals surface area (Å²) in [7, 11) is 0. The summed E-state index contributed by atoms with van der Waals surface area (Å²) in [5.74, 6) is -0.308. The Bertz CT molecular complexity index is 584. The number of rotatable bonds is 1. The monoisotopic (exact) mass is 229 g/mol. The Kier molecular flexibility index (Phi) is 2.01. The highest BCUT2D eigenvalue weighted by Crippen LogP contribution is 2.25. The fraction of sp³-hybridized carbons (Fsp3) is 0.250. The first kappa shape index (κ1) is 10.0. The average Bonchev–Trinajstić information content (AvgIpc) is 2.81. The van der Waals surface area contributed by atoms with Gasteiger partial charge in [0.05, 0.1) is 11.0 Å². The molecule has 1 unspecified atom stereocenters. The van der Waals surface area contributed by atoms with Crippen molar-refractivity contribution in [2.24, 2.45) is 5.92 Å². The second-order valence-electron chi connectivity index (χ2n) is 4.25. The average molecular weight is 229 g/mol. The van der Waals surface area contributed by atoms with Gasteiger partial charge in [0.2, 0.25) is 17.8 Å². The van der Waals surface area contributed by atoms with E-state index in [1.165, 1.54) is 0 Å². The number of para-hydroxylation sites is 2. The zero-order valence-electron chi connectivity index (χ0n) is 9.30. The smallest absolute Gasteiger partial charge is 0.239 e. The topological polar surface area (TPSA) is 66.1 Å². The van der Waals surface area contributed by atoms with E-state index in [2.05, 4.69) is 9.97 Å². The Hall–Kier alpha value is -2.17. The van der Waals surface area contributed by atoms with Crippen LogP contribution in [0.4, 0.5) is 5.95 Å². The third-order valence-corrected chi connectivity index (χ3v) is 2.96.